The summed E-state index contributed by atoms with van der Waals surface area (Å²) in [6, 6.07) is 2.23. The van der Waals surface area contributed by atoms with Crippen molar-refractivity contribution in [1.82, 2.24) is 0 Å². The Bertz CT molecular complexity index is 360. The number of hydrogen-bond acceptors (Lipinski definition) is 3. The van der Waals surface area contributed by atoms with Crippen LogP contribution in [0, 0.1) is 15.9 Å². The SMILES string of the molecule is O=[N+]([O-])c1ccc(OI)c(F)c1Cl. The second kappa shape index (κ2) is 4.05. The normalized spacial score (nSPS) is 9.77. The Labute approximate surface area is 91.5 Å². The molecule has 7 heteroatoms. The van der Waals surface area contributed by atoms with Gasteiger partial charge in [-0.3, -0.25) is 10.1 Å². The minimum atomic E-state index is -0.926. The highest BCUT2D eigenvalue weighted by Gasteiger charge is 2.19. The Morgan fingerprint density at radius 2 is 2.23 bits per heavy atom. The van der Waals surface area contributed by atoms with E-state index in [9.17, 15) is 14.5 Å². The van der Waals surface area contributed by atoms with E-state index in [4.69, 9.17) is 11.6 Å². The van der Waals surface area contributed by atoms with Crippen LogP contribution in [0.2, 0.25) is 5.02 Å². The number of nitro benzene ring substituents is 1. The summed E-state index contributed by atoms with van der Waals surface area (Å²) in [5, 5.41) is 9.74. The van der Waals surface area contributed by atoms with Crippen molar-refractivity contribution >= 4 is 40.3 Å². The number of benzene rings is 1. The predicted octanol–water partition coefficient (Wildman–Crippen LogP) is 3.12. The van der Waals surface area contributed by atoms with E-state index in [1.54, 1.807) is 0 Å². The van der Waals surface area contributed by atoms with Crippen molar-refractivity contribution < 1.29 is 12.4 Å². The molecule has 70 valence electrons. The molecule has 1 aromatic rings. The Balaban J connectivity index is 3.31. The van der Waals surface area contributed by atoms with Crippen molar-refractivity contribution in [3.63, 3.8) is 0 Å². The summed E-state index contributed by atoms with van der Waals surface area (Å²) in [6.07, 6.45) is 0. The average molecular weight is 317 g/mol. The molecule has 13 heavy (non-hydrogen) atoms. The molecule has 4 nitrogen and oxygen atoms in total. The standard InChI is InChI=1S/C6H2ClFINO3/c7-5-3(10(11)12)1-2-4(13-9)6(5)8/h1-2H. The quantitative estimate of drug-likeness (QED) is 0.478. The topological polar surface area (TPSA) is 52.4 Å². The molecule has 0 N–H and O–H groups in total. The van der Waals surface area contributed by atoms with E-state index in [-0.39, 0.29) is 5.75 Å². The van der Waals surface area contributed by atoms with Crippen LogP contribution in [0.4, 0.5) is 10.1 Å². The first-order valence-electron chi connectivity index (χ1n) is 2.99. The second-order valence-electron chi connectivity index (χ2n) is 2.05. The number of nitro groups is 1. The van der Waals surface area contributed by atoms with Crippen LogP contribution >= 0.6 is 34.6 Å². The van der Waals surface area contributed by atoms with E-state index in [2.05, 4.69) is 3.07 Å². The molecule has 1 aromatic carbocycles. The highest BCUT2D eigenvalue weighted by molar-refractivity contribution is 14.1. The van der Waals surface area contributed by atoms with E-state index < -0.39 is 21.5 Å². The summed E-state index contributed by atoms with van der Waals surface area (Å²) in [7, 11) is 0. The second-order valence-corrected chi connectivity index (χ2v) is 2.86. The Hall–Kier alpha value is -0.630. The molecule has 0 saturated heterocycles. The fourth-order valence-electron chi connectivity index (χ4n) is 0.722. The first-order chi connectivity index (χ1) is 6.07. The minimum absolute atomic E-state index is 0.129. The van der Waals surface area contributed by atoms with Crippen molar-refractivity contribution in [3.05, 3.63) is 33.1 Å². The fraction of sp³-hybridized carbons (Fsp3) is 0. The lowest BCUT2D eigenvalue weighted by Crippen LogP contribution is -1.92. The Kier molecular flexibility index (Phi) is 3.26. The molecule has 0 aliphatic rings. The summed E-state index contributed by atoms with van der Waals surface area (Å²) in [5.74, 6) is -1.05. The van der Waals surface area contributed by atoms with Crippen LogP contribution < -0.4 is 3.07 Å². The van der Waals surface area contributed by atoms with E-state index in [0.29, 0.717) is 0 Å². The molecule has 0 spiro atoms. The van der Waals surface area contributed by atoms with Crippen LogP contribution in [0.3, 0.4) is 0 Å². The van der Waals surface area contributed by atoms with Crippen molar-refractivity contribution in [1.29, 1.82) is 0 Å². The summed E-state index contributed by atoms with van der Waals surface area (Å²) in [4.78, 5) is 9.52. The van der Waals surface area contributed by atoms with Crippen molar-refractivity contribution in [2.45, 2.75) is 0 Å². The summed E-state index contributed by atoms with van der Waals surface area (Å²) < 4.78 is 17.6. The van der Waals surface area contributed by atoms with Gasteiger partial charge in [0.2, 0.25) is 0 Å². The van der Waals surface area contributed by atoms with Gasteiger partial charge < -0.3 is 3.07 Å². The van der Waals surface area contributed by atoms with E-state index in [1.165, 1.54) is 23.0 Å². The fourth-order valence-corrected chi connectivity index (χ4v) is 1.29. The third-order valence-electron chi connectivity index (χ3n) is 1.31. The molecule has 0 amide bonds. The zero-order valence-corrected chi connectivity index (χ0v) is 8.87. The minimum Gasteiger partial charge on any atom is -0.424 e. The van der Waals surface area contributed by atoms with Gasteiger partial charge in [0, 0.05) is 6.07 Å². The first-order valence-corrected chi connectivity index (χ1v) is 4.24. The molecule has 0 saturated carbocycles. The lowest BCUT2D eigenvalue weighted by molar-refractivity contribution is -0.384. The van der Waals surface area contributed by atoms with Crippen molar-refractivity contribution in [2.24, 2.45) is 0 Å². The zero-order chi connectivity index (χ0) is 10.0. The summed E-state index contributed by atoms with van der Waals surface area (Å²) in [5.41, 5.74) is -0.476. The van der Waals surface area contributed by atoms with Crippen LogP contribution in [0.15, 0.2) is 12.1 Å². The zero-order valence-electron chi connectivity index (χ0n) is 5.96. The molecule has 0 unspecified atom stereocenters. The van der Waals surface area contributed by atoms with Gasteiger partial charge in [0.15, 0.2) is 39.6 Å². The maximum Gasteiger partial charge on any atom is 0.291 e. The smallest absolute Gasteiger partial charge is 0.291 e. The Morgan fingerprint density at radius 3 is 2.69 bits per heavy atom. The molecule has 0 aromatic heterocycles. The third-order valence-corrected chi connectivity index (χ3v) is 2.14. The van der Waals surface area contributed by atoms with Gasteiger partial charge in [-0.05, 0) is 6.07 Å². The molecular weight excluding hydrogens is 315 g/mol. The van der Waals surface area contributed by atoms with Gasteiger partial charge in [0.1, 0.15) is 0 Å². The predicted molar refractivity (Wildman–Crippen MR) is 52.7 cm³/mol. The summed E-state index contributed by atoms with van der Waals surface area (Å²) in [6.45, 7) is 0. The summed E-state index contributed by atoms with van der Waals surface area (Å²) >= 11 is 6.83. The molecule has 0 aliphatic carbocycles. The van der Waals surface area contributed by atoms with E-state index >= 15 is 0 Å². The first kappa shape index (κ1) is 10.5. The molecule has 0 radical (unpaired) electrons. The van der Waals surface area contributed by atoms with E-state index in [1.807, 2.05) is 0 Å². The lowest BCUT2D eigenvalue weighted by atomic mass is 10.3. The highest BCUT2D eigenvalue weighted by atomic mass is 127. The number of hydrogen-bond donors (Lipinski definition) is 0. The van der Waals surface area contributed by atoms with Gasteiger partial charge in [-0.2, -0.15) is 0 Å². The molecule has 0 fully saturated rings. The van der Waals surface area contributed by atoms with Crippen LogP contribution in [-0.4, -0.2) is 4.92 Å². The number of halogens is 3. The average Bonchev–Trinajstić information content (AvgIpc) is 2.09. The van der Waals surface area contributed by atoms with Gasteiger partial charge in [-0.25, -0.2) is 4.39 Å². The van der Waals surface area contributed by atoms with Crippen LogP contribution in [0.25, 0.3) is 0 Å². The van der Waals surface area contributed by atoms with Crippen LogP contribution in [0.5, 0.6) is 5.75 Å². The van der Waals surface area contributed by atoms with Gasteiger partial charge in [-0.15, -0.1) is 0 Å². The van der Waals surface area contributed by atoms with Gasteiger partial charge in [0.05, 0.1) is 4.92 Å². The maximum absolute atomic E-state index is 13.1. The molecule has 0 atom stereocenters. The monoisotopic (exact) mass is 317 g/mol. The van der Waals surface area contributed by atoms with Gasteiger partial charge >= 0.3 is 0 Å². The van der Waals surface area contributed by atoms with Crippen molar-refractivity contribution in [2.75, 3.05) is 0 Å². The third kappa shape index (κ3) is 1.99. The molecule has 0 aliphatic heterocycles. The largest absolute Gasteiger partial charge is 0.424 e. The Morgan fingerprint density at radius 1 is 1.62 bits per heavy atom. The van der Waals surface area contributed by atoms with E-state index in [0.717, 1.165) is 12.1 Å². The van der Waals surface area contributed by atoms with Crippen LogP contribution in [0.1, 0.15) is 0 Å². The highest BCUT2D eigenvalue weighted by Crippen LogP contribution is 2.33. The number of rotatable bonds is 2. The number of nitrogens with zero attached hydrogens (tertiary/aromatic N) is 1. The van der Waals surface area contributed by atoms with Crippen molar-refractivity contribution in [3.8, 4) is 5.75 Å². The molecule has 0 heterocycles. The van der Waals surface area contributed by atoms with Crippen LogP contribution in [-0.2, 0) is 0 Å². The van der Waals surface area contributed by atoms with Gasteiger partial charge in [-0.1, -0.05) is 11.6 Å². The lowest BCUT2D eigenvalue weighted by Gasteiger charge is -2.00. The molecular formula is C6H2ClFINO3. The van der Waals surface area contributed by atoms with Gasteiger partial charge in [0.25, 0.3) is 5.69 Å². The molecule has 0 bridgehead atoms. The maximum atomic E-state index is 13.1. The molecule has 1 rings (SSSR count).